The van der Waals surface area contributed by atoms with Gasteiger partial charge in [-0.25, -0.2) is 9.97 Å². The van der Waals surface area contributed by atoms with E-state index in [9.17, 15) is 9.90 Å². The van der Waals surface area contributed by atoms with Gasteiger partial charge in [0.25, 0.3) is 5.91 Å². The van der Waals surface area contributed by atoms with E-state index in [1.165, 1.54) is 30.6 Å². The second kappa shape index (κ2) is 6.20. The lowest BCUT2D eigenvalue weighted by Crippen LogP contribution is -2.21. The summed E-state index contributed by atoms with van der Waals surface area (Å²) in [5, 5.41) is 13.4. The van der Waals surface area contributed by atoms with Crippen LogP contribution in [-0.4, -0.2) is 21.0 Å². The van der Waals surface area contributed by atoms with Gasteiger partial charge in [0.1, 0.15) is 5.82 Å². The zero-order chi connectivity index (χ0) is 15.7. The van der Waals surface area contributed by atoms with Crippen LogP contribution in [0.2, 0.25) is 10.0 Å². The van der Waals surface area contributed by atoms with E-state index in [4.69, 9.17) is 23.2 Å². The molecule has 3 rings (SSSR count). The first-order valence-electron chi connectivity index (χ1n) is 6.80. The Balaban J connectivity index is 1.69. The Bertz CT molecular complexity index is 682. The number of aliphatic hydroxyl groups is 1. The van der Waals surface area contributed by atoms with Crippen molar-refractivity contribution in [1.82, 2.24) is 9.97 Å². The molecule has 0 bridgehead atoms. The molecule has 1 aromatic carbocycles. The zero-order valence-electron chi connectivity index (χ0n) is 11.5. The summed E-state index contributed by atoms with van der Waals surface area (Å²) in [7, 11) is 0. The van der Waals surface area contributed by atoms with Crippen molar-refractivity contribution in [1.29, 1.82) is 0 Å². The fourth-order valence-corrected chi connectivity index (χ4v) is 2.59. The molecule has 5 nitrogen and oxygen atoms in total. The highest BCUT2D eigenvalue weighted by molar-refractivity contribution is 6.34. The number of halogens is 2. The van der Waals surface area contributed by atoms with Crippen molar-refractivity contribution < 1.29 is 9.90 Å². The smallest absolute Gasteiger partial charge is 0.257 e. The predicted octanol–water partition coefficient (Wildman–Crippen LogP) is 3.33. The number of hydrogen-bond donors (Lipinski definition) is 2. The number of carbonyl (C=O) groups is 1. The quantitative estimate of drug-likeness (QED) is 0.897. The van der Waals surface area contributed by atoms with Crippen LogP contribution in [0.3, 0.4) is 0 Å². The van der Waals surface area contributed by atoms with Gasteiger partial charge in [0.2, 0.25) is 0 Å². The lowest BCUT2D eigenvalue weighted by molar-refractivity contribution is -0.124. The van der Waals surface area contributed by atoms with Crippen molar-refractivity contribution in [3.05, 3.63) is 52.0 Å². The van der Waals surface area contributed by atoms with E-state index >= 15 is 0 Å². The molecule has 1 aliphatic carbocycles. The Morgan fingerprint density at radius 2 is 1.77 bits per heavy atom. The largest absolute Gasteiger partial charge is 0.378 e. The number of nitrogens with one attached hydrogen (secondary N) is 1. The molecule has 2 aromatic rings. The molecule has 1 aliphatic rings. The van der Waals surface area contributed by atoms with Gasteiger partial charge in [-0.3, -0.25) is 4.79 Å². The molecule has 1 unspecified atom stereocenters. The number of aromatic nitrogens is 2. The molecule has 1 atom stereocenters. The number of benzene rings is 1. The van der Waals surface area contributed by atoms with E-state index in [-0.39, 0.29) is 0 Å². The standard InChI is InChI=1S/C15H13Cl2N3O2/c16-10-3-9(4-11(17)5-10)13(21)15(22)20-12-6-18-14(19-7-12)8-1-2-8/h3-8,13,21H,1-2H2,(H,20,22). The van der Waals surface area contributed by atoms with Crippen molar-refractivity contribution in [2.75, 3.05) is 5.32 Å². The SMILES string of the molecule is O=C(Nc1cnc(C2CC2)nc1)C(O)c1cc(Cl)cc(Cl)c1. The maximum atomic E-state index is 12.1. The summed E-state index contributed by atoms with van der Waals surface area (Å²) in [4.78, 5) is 20.5. The molecule has 7 heteroatoms. The first-order valence-corrected chi connectivity index (χ1v) is 7.55. The summed E-state index contributed by atoms with van der Waals surface area (Å²) in [5.74, 6) is 0.644. The molecule has 1 saturated carbocycles. The van der Waals surface area contributed by atoms with Gasteiger partial charge in [0.15, 0.2) is 6.10 Å². The highest BCUT2D eigenvalue weighted by Crippen LogP contribution is 2.37. The first kappa shape index (κ1) is 15.2. The van der Waals surface area contributed by atoms with Crippen molar-refractivity contribution in [3.8, 4) is 0 Å². The lowest BCUT2D eigenvalue weighted by atomic mass is 10.1. The molecule has 0 spiro atoms. The van der Waals surface area contributed by atoms with Crippen LogP contribution in [0.4, 0.5) is 5.69 Å². The molecule has 2 N–H and O–H groups in total. The van der Waals surface area contributed by atoms with Gasteiger partial charge in [-0.05, 0) is 36.6 Å². The Morgan fingerprint density at radius 1 is 1.18 bits per heavy atom. The van der Waals surface area contributed by atoms with Crippen LogP contribution in [0.15, 0.2) is 30.6 Å². The highest BCUT2D eigenvalue weighted by Gasteiger charge is 2.26. The second-order valence-electron chi connectivity index (χ2n) is 5.20. The predicted molar refractivity (Wildman–Crippen MR) is 84.1 cm³/mol. The second-order valence-corrected chi connectivity index (χ2v) is 6.07. The average molecular weight is 338 g/mol. The zero-order valence-corrected chi connectivity index (χ0v) is 13.0. The van der Waals surface area contributed by atoms with E-state index in [1.807, 2.05) is 0 Å². The number of anilines is 1. The third kappa shape index (κ3) is 3.55. The van der Waals surface area contributed by atoms with Gasteiger partial charge in [0, 0.05) is 16.0 Å². The summed E-state index contributed by atoms with van der Waals surface area (Å²) >= 11 is 11.7. The topological polar surface area (TPSA) is 75.1 Å². The molecule has 1 amide bonds. The summed E-state index contributed by atoms with van der Waals surface area (Å²) in [5.41, 5.74) is 0.757. The molecule has 1 fully saturated rings. The van der Waals surface area contributed by atoms with Crippen molar-refractivity contribution in [2.24, 2.45) is 0 Å². The monoisotopic (exact) mass is 337 g/mol. The van der Waals surface area contributed by atoms with Crippen LogP contribution in [-0.2, 0) is 4.79 Å². The van der Waals surface area contributed by atoms with Crippen LogP contribution in [0.25, 0.3) is 0 Å². The fourth-order valence-electron chi connectivity index (χ4n) is 2.05. The Hall–Kier alpha value is -1.69. The molecule has 0 aliphatic heterocycles. The van der Waals surface area contributed by atoms with Crippen LogP contribution >= 0.6 is 23.2 Å². The Labute approximate surface area is 137 Å². The average Bonchev–Trinajstić information content (AvgIpc) is 3.31. The van der Waals surface area contributed by atoms with Gasteiger partial charge in [0.05, 0.1) is 18.1 Å². The molecule has 0 saturated heterocycles. The number of rotatable bonds is 4. The molecule has 114 valence electrons. The number of hydrogen-bond acceptors (Lipinski definition) is 4. The third-order valence-electron chi connectivity index (χ3n) is 3.33. The first-order chi connectivity index (χ1) is 10.5. The Kier molecular flexibility index (Phi) is 4.29. The summed E-state index contributed by atoms with van der Waals surface area (Å²) in [6.07, 6.45) is 3.92. The van der Waals surface area contributed by atoms with Gasteiger partial charge < -0.3 is 10.4 Å². The number of amides is 1. The lowest BCUT2D eigenvalue weighted by Gasteiger charge is -2.12. The van der Waals surface area contributed by atoms with E-state index in [2.05, 4.69) is 15.3 Å². The number of carbonyl (C=O) groups excluding carboxylic acids is 1. The number of nitrogens with zero attached hydrogens (tertiary/aromatic N) is 2. The van der Waals surface area contributed by atoms with E-state index in [0.29, 0.717) is 27.2 Å². The van der Waals surface area contributed by atoms with Crippen LogP contribution in [0.5, 0.6) is 0 Å². The van der Waals surface area contributed by atoms with Gasteiger partial charge in [-0.15, -0.1) is 0 Å². The van der Waals surface area contributed by atoms with Crippen LogP contribution in [0.1, 0.15) is 36.3 Å². The van der Waals surface area contributed by atoms with Crippen molar-refractivity contribution in [3.63, 3.8) is 0 Å². The van der Waals surface area contributed by atoms with Gasteiger partial charge in [-0.2, -0.15) is 0 Å². The van der Waals surface area contributed by atoms with Crippen molar-refractivity contribution >= 4 is 34.8 Å². The fraction of sp³-hybridized carbons (Fsp3) is 0.267. The number of aliphatic hydroxyl groups excluding tert-OH is 1. The van der Waals surface area contributed by atoms with Gasteiger partial charge >= 0.3 is 0 Å². The van der Waals surface area contributed by atoms with E-state index in [1.54, 1.807) is 0 Å². The van der Waals surface area contributed by atoms with Crippen LogP contribution < -0.4 is 5.32 Å². The molecular formula is C15H13Cl2N3O2. The normalized spacial score (nSPS) is 15.4. The van der Waals surface area contributed by atoms with Gasteiger partial charge in [-0.1, -0.05) is 23.2 Å². The maximum Gasteiger partial charge on any atom is 0.257 e. The van der Waals surface area contributed by atoms with Crippen molar-refractivity contribution in [2.45, 2.75) is 24.9 Å². The van der Waals surface area contributed by atoms with E-state index in [0.717, 1.165) is 18.7 Å². The third-order valence-corrected chi connectivity index (χ3v) is 3.77. The Morgan fingerprint density at radius 3 is 2.32 bits per heavy atom. The highest BCUT2D eigenvalue weighted by atomic mass is 35.5. The molecule has 0 radical (unpaired) electrons. The molecule has 1 aromatic heterocycles. The molecular weight excluding hydrogens is 325 g/mol. The minimum Gasteiger partial charge on any atom is -0.378 e. The minimum absolute atomic E-state index is 0.325. The molecule has 22 heavy (non-hydrogen) atoms. The summed E-state index contributed by atoms with van der Waals surface area (Å²) in [6, 6.07) is 4.51. The minimum atomic E-state index is -1.38. The molecule has 1 heterocycles. The summed E-state index contributed by atoms with van der Waals surface area (Å²) in [6.45, 7) is 0. The van der Waals surface area contributed by atoms with E-state index < -0.39 is 12.0 Å². The summed E-state index contributed by atoms with van der Waals surface area (Å²) < 4.78 is 0. The maximum absolute atomic E-state index is 12.1. The van der Waals surface area contributed by atoms with Crippen LogP contribution in [0, 0.1) is 0 Å².